The lowest BCUT2D eigenvalue weighted by Gasteiger charge is -2.28. The van der Waals surface area contributed by atoms with Crippen LogP contribution < -0.4 is 0 Å². The Bertz CT molecular complexity index is 290. The van der Waals surface area contributed by atoms with Crippen molar-refractivity contribution in [1.82, 2.24) is 4.90 Å². The van der Waals surface area contributed by atoms with Gasteiger partial charge < -0.3 is 4.74 Å². The minimum Gasteiger partial charge on any atom is -0.453 e. The molecule has 1 aliphatic heterocycles. The van der Waals surface area contributed by atoms with Gasteiger partial charge in [-0.25, -0.2) is 4.79 Å². The summed E-state index contributed by atoms with van der Waals surface area (Å²) in [6.07, 6.45) is 1.73. The van der Waals surface area contributed by atoms with Crippen LogP contribution in [-0.2, 0) is 4.74 Å². The van der Waals surface area contributed by atoms with Crippen molar-refractivity contribution in [3.8, 4) is 0 Å². The molecule has 2 rings (SSSR count). The maximum Gasteiger partial charge on any atom is 0.410 e. The van der Waals surface area contributed by atoms with E-state index in [-0.39, 0.29) is 17.2 Å². The molecule has 1 saturated heterocycles. The molecule has 0 aromatic rings. The summed E-state index contributed by atoms with van der Waals surface area (Å²) < 4.78 is 4.82. The second-order valence-electron chi connectivity index (χ2n) is 4.79. The zero-order valence-corrected chi connectivity index (χ0v) is 12.3. The van der Waals surface area contributed by atoms with Gasteiger partial charge in [0.1, 0.15) is 0 Å². The highest BCUT2D eigenvalue weighted by Gasteiger charge is 2.74. The SMILES string of the molecule is COC(=O)N1C2(C)CC(Br)C(Br)CC12C. The van der Waals surface area contributed by atoms with Crippen molar-refractivity contribution in [2.45, 2.75) is 47.4 Å². The zero-order valence-electron chi connectivity index (χ0n) is 9.09. The predicted molar refractivity (Wildman–Crippen MR) is 65.7 cm³/mol. The van der Waals surface area contributed by atoms with Crippen LogP contribution in [0, 0.1) is 0 Å². The number of nitrogens with zero attached hydrogens (tertiary/aromatic N) is 1. The fourth-order valence-electron chi connectivity index (χ4n) is 2.86. The minimum absolute atomic E-state index is 0.0431. The van der Waals surface area contributed by atoms with Crippen LogP contribution in [0.5, 0.6) is 0 Å². The van der Waals surface area contributed by atoms with Gasteiger partial charge in [0.2, 0.25) is 0 Å². The first-order chi connectivity index (χ1) is 6.87. The monoisotopic (exact) mass is 339 g/mol. The van der Waals surface area contributed by atoms with Crippen LogP contribution in [0.15, 0.2) is 0 Å². The Kier molecular flexibility index (Phi) is 2.62. The molecule has 1 amide bonds. The predicted octanol–water partition coefficient (Wildman–Crippen LogP) is 2.91. The summed E-state index contributed by atoms with van der Waals surface area (Å²) in [5, 5.41) is 0. The largest absolute Gasteiger partial charge is 0.453 e. The van der Waals surface area contributed by atoms with Crippen molar-refractivity contribution in [2.24, 2.45) is 0 Å². The van der Waals surface area contributed by atoms with Gasteiger partial charge in [-0.05, 0) is 26.7 Å². The maximum absolute atomic E-state index is 11.6. The molecule has 1 saturated carbocycles. The average molecular weight is 341 g/mol. The topological polar surface area (TPSA) is 29.3 Å². The lowest BCUT2D eigenvalue weighted by Crippen LogP contribution is -2.36. The zero-order chi connectivity index (χ0) is 11.4. The number of ether oxygens (including phenoxy) is 1. The fraction of sp³-hybridized carbons (Fsp3) is 0.900. The Morgan fingerprint density at radius 3 is 2.00 bits per heavy atom. The summed E-state index contributed by atoms with van der Waals surface area (Å²) in [6.45, 7) is 4.27. The van der Waals surface area contributed by atoms with Crippen molar-refractivity contribution < 1.29 is 9.53 Å². The molecule has 5 heteroatoms. The first-order valence-corrected chi connectivity index (χ1v) is 6.86. The molecule has 15 heavy (non-hydrogen) atoms. The van der Waals surface area contributed by atoms with E-state index < -0.39 is 0 Å². The van der Waals surface area contributed by atoms with Crippen LogP contribution in [0.2, 0.25) is 0 Å². The van der Waals surface area contributed by atoms with E-state index >= 15 is 0 Å². The van der Waals surface area contributed by atoms with Gasteiger partial charge in [0.15, 0.2) is 0 Å². The molecule has 0 aromatic heterocycles. The molecule has 0 aromatic carbocycles. The van der Waals surface area contributed by atoms with Crippen LogP contribution in [0.1, 0.15) is 26.7 Å². The number of amides is 1. The number of fused-ring (bicyclic) bond motifs is 1. The molecule has 0 radical (unpaired) electrons. The van der Waals surface area contributed by atoms with Crippen molar-refractivity contribution >= 4 is 38.0 Å². The van der Waals surface area contributed by atoms with Gasteiger partial charge in [0.05, 0.1) is 18.2 Å². The van der Waals surface area contributed by atoms with Crippen molar-refractivity contribution in [3.05, 3.63) is 0 Å². The number of hydrogen-bond donors (Lipinski definition) is 0. The molecule has 1 heterocycles. The second kappa shape index (κ2) is 3.36. The molecule has 86 valence electrons. The molecule has 2 aliphatic rings. The first-order valence-electron chi connectivity index (χ1n) is 5.03. The Balaban J connectivity index is 2.23. The van der Waals surface area contributed by atoms with E-state index in [1.54, 1.807) is 0 Å². The molecule has 0 N–H and O–H groups in total. The number of halogens is 2. The number of carbonyl (C=O) groups excluding carboxylic acids is 1. The summed E-state index contributed by atoms with van der Waals surface area (Å²) in [4.78, 5) is 14.4. The smallest absolute Gasteiger partial charge is 0.410 e. The first kappa shape index (κ1) is 11.7. The number of likely N-dealkylation sites (tertiary alicyclic amines) is 1. The van der Waals surface area contributed by atoms with E-state index in [4.69, 9.17) is 4.74 Å². The van der Waals surface area contributed by atoms with Gasteiger partial charge in [-0.15, -0.1) is 0 Å². The van der Waals surface area contributed by atoms with Gasteiger partial charge in [-0.3, -0.25) is 4.90 Å². The highest BCUT2D eigenvalue weighted by atomic mass is 79.9. The standard InChI is InChI=1S/C10H15Br2NO2/c1-9-4-6(11)7(12)5-10(9,2)13(9)8(14)15-3/h6-7H,4-5H2,1-3H3. The molecule has 2 fully saturated rings. The minimum atomic E-state index is -0.207. The van der Waals surface area contributed by atoms with E-state index in [9.17, 15) is 4.79 Å². The molecular weight excluding hydrogens is 326 g/mol. The van der Waals surface area contributed by atoms with Crippen LogP contribution in [0.25, 0.3) is 0 Å². The molecule has 3 nitrogen and oxygen atoms in total. The van der Waals surface area contributed by atoms with Crippen molar-refractivity contribution in [1.29, 1.82) is 0 Å². The van der Waals surface area contributed by atoms with Gasteiger partial charge in [0, 0.05) is 9.65 Å². The number of rotatable bonds is 0. The summed E-state index contributed by atoms with van der Waals surface area (Å²) in [5.74, 6) is 0. The van der Waals surface area contributed by atoms with Crippen LogP contribution in [0.4, 0.5) is 4.79 Å². The summed E-state index contributed by atoms with van der Waals surface area (Å²) in [5.41, 5.74) is -0.0862. The summed E-state index contributed by atoms with van der Waals surface area (Å²) in [6, 6.07) is 0. The Morgan fingerprint density at radius 2 is 1.67 bits per heavy atom. The van der Waals surface area contributed by atoms with E-state index in [0.717, 1.165) is 12.8 Å². The molecule has 0 bridgehead atoms. The van der Waals surface area contributed by atoms with Gasteiger partial charge in [-0.1, -0.05) is 31.9 Å². The van der Waals surface area contributed by atoms with Crippen molar-refractivity contribution in [3.63, 3.8) is 0 Å². The van der Waals surface area contributed by atoms with E-state index in [0.29, 0.717) is 9.65 Å². The third-order valence-corrected chi connectivity index (χ3v) is 6.67. The highest BCUT2D eigenvalue weighted by molar-refractivity contribution is 9.12. The second-order valence-corrected chi connectivity index (χ2v) is 7.15. The lowest BCUT2D eigenvalue weighted by atomic mass is 9.82. The molecule has 4 unspecified atom stereocenters. The Labute approximate surface area is 107 Å². The fourth-order valence-corrected chi connectivity index (χ4v) is 4.50. The van der Waals surface area contributed by atoms with E-state index in [1.165, 1.54) is 7.11 Å². The van der Waals surface area contributed by atoms with Gasteiger partial charge >= 0.3 is 6.09 Å². The lowest BCUT2D eigenvalue weighted by molar-refractivity contribution is 0.143. The highest BCUT2D eigenvalue weighted by Crippen LogP contribution is 2.62. The quantitative estimate of drug-likeness (QED) is 0.501. The number of carbonyl (C=O) groups is 1. The van der Waals surface area contributed by atoms with Gasteiger partial charge in [0.25, 0.3) is 0 Å². The summed E-state index contributed by atoms with van der Waals surface area (Å²) >= 11 is 7.31. The average Bonchev–Trinajstić information content (AvgIpc) is 2.62. The Morgan fingerprint density at radius 1 is 1.27 bits per heavy atom. The van der Waals surface area contributed by atoms with Crippen LogP contribution in [-0.4, -0.2) is 38.8 Å². The van der Waals surface area contributed by atoms with Crippen molar-refractivity contribution in [2.75, 3.05) is 7.11 Å². The van der Waals surface area contributed by atoms with Crippen LogP contribution >= 0.6 is 31.9 Å². The number of methoxy groups -OCH3 is 1. The maximum atomic E-state index is 11.6. The molecule has 4 atom stereocenters. The van der Waals surface area contributed by atoms with Gasteiger partial charge in [-0.2, -0.15) is 0 Å². The molecular formula is C10H15Br2NO2. The van der Waals surface area contributed by atoms with E-state index in [2.05, 4.69) is 45.7 Å². The third-order valence-electron chi connectivity index (χ3n) is 4.03. The summed E-state index contributed by atoms with van der Waals surface area (Å²) in [7, 11) is 1.44. The molecule has 1 aliphatic carbocycles. The third kappa shape index (κ3) is 1.38. The van der Waals surface area contributed by atoms with E-state index in [1.807, 2.05) is 4.90 Å². The normalized spacial score (nSPS) is 48.5. The molecule has 0 spiro atoms. The Hall–Kier alpha value is 0.230. The number of hydrogen-bond acceptors (Lipinski definition) is 2. The number of alkyl halides is 2. The van der Waals surface area contributed by atoms with Crippen LogP contribution in [0.3, 0.4) is 0 Å².